The summed E-state index contributed by atoms with van der Waals surface area (Å²) in [7, 11) is 1.79. The zero-order valence-electron chi connectivity index (χ0n) is 8.67. The van der Waals surface area contributed by atoms with Crippen molar-refractivity contribution in [2.45, 2.75) is 24.0 Å². The van der Waals surface area contributed by atoms with Gasteiger partial charge in [-0.05, 0) is 13.3 Å². The van der Waals surface area contributed by atoms with Crippen molar-refractivity contribution < 1.29 is 9.90 Å². The average Bonchev–Trinajstić information content (AvgIpc) is 2.51. The summed E-state index contributed by atoms with van der Waals surface area (Å²) >= 11 is 1.44. The van der Waals surface area contributed by atoms with Crippen LogP contribution in [0.25, 0.3) is 0 Å². The van der Waals surface area contributed by atoms with E-state index in [1.54, 1.807) is 11.7 Å². The minimum Gasteiger partial charge on any atom is -0.480 e. The zero-order valence-corrected chi connectivity index (χ0v) is 9.49. The third-order valence-corrected chi connectivity index (χ3v) is 3.05. The van der Waals surface area contributed by atoms with Gasteiger partial charge >= 0.3 is 5.97 Å². The second-order valence-corrected chi connectivity index (χ2v) is 4.55. The first-order valence-electron chi connectivity index (χ1n) is 4.42. The lowest BCUT2D eigenvalue weighted by Gasteiger charge is -2.17. The van der Waals surface area contributed by atoms with Gasteiger partial charge in [0.25, 0.3) is 0 Å². The van der Waals surface area contributed by atoms with E-state index in [0.29, 0.717) is 12.2 Å². The van der Waals surface area contributed by atoms with E-state index < -0.39 is 11.5 Å². The van der Waals surface area contributed by atoms with E-state index in [0.717, 1.165) is 5.16 Å². The van der Waals surface area contributed by atoms with Gasteiger partial charge < -0.3 is 10.8 Å². The molecule has 1 rings (SSSR count). The summed E-state index contributed by atoms with van der Waals surface area (Å²) in [5.74, 6) is -0.382. The molecule has 0 aliphatic rings. The molecule has 0 fully saturated rings. The Hall–Kier alpha value is -1.08. The highest BCUT2D eigenvalue weighted by Gasteiger charge is 2.27. The quantitative estimate of drug-likeness (QED) is 0.697. The molecule has 84 valence electrons. The van der Waals surface area contributed by atoms with Gasteiger partial charge in [-0.25, -0.2) is 9.67 Å². The van der Waals surface area contributed by atoms with Gasteiger partial charge in [-0.2, -0.15) is 5.10 Å². The second-order valence-electron chi connectivity index (χ2n) is 3.49. The Morgan fingerprint density at radius 2 is 2.47 bits per heavy atom. The molecule has 0 amide bonds. The van der Waals surface area contributed by atoms with Crippen LogP contribution in [0.5, 0.6) is 0 Å². The first-order valence-corrected chi connectivity index (χ1v) is 5.41. The van der Waals surface area contributed by atoms with Gasteiger partial charge in [0, 0.05) is 12.8 Å². The predicted molar refractivity (Wildman–Crippen MR) is 56.6 cm³/mol. The Morgan fingerprint density at radius 1 is 1.80 bits per heavy atom. The molecular weight excluding hydrogens is 216 g/mol. The molecule has 15 heavy (non-hydrogen) atoms. The first-order chi connectivity index (χ1) is 6.93. The van der Waals surface area contributed by atoms with Gasteiger partial charge in [0.05, 0.1) is 0 Å². The second kappa shape index (κ2) is 4.63. The Kier molecular flexibility index (Phi) is 3.70. The Balaban J connectivity index is 2.40. The van der Waals surface area contributed by atoms with Crippen molar-refractivity contribution >= 4 is 17.7 Å². The molecule has 0 bridgehead atoms. The molecule has 6 nitrogen and oxygen atoms in total. The minimum atomic E-state index is -1.18. The highest BCUT2D eigenvalue weighted by molar-refractivity contribution is 7.99. The third kappa shape index (κ3) is 3.21. The van der Waals surface area contributed by atoms with Crippen LogP contribution < -0.4 is 5.73 Å². The number of aromatic nitrogens is 3. The summed E-state index contributed by atoms with van der Waals surface area (Å²) in [5.41, 5.74) is 4.41. The summed E-state index contributed by atoms with van der Waals surface area (Å²) < 4.78 is 1.64. The largest absolute Gasteiger partial charge is 0.480 e. The fraction of sp³-hybridized carbons (Fsp3) is 0.625. The molecule has 0 aromatic carbocycles. The number of aryl methyl sites for hydroxylation is 1. The lowest BCUT2D eigenvalue weighted by molar-refractivity contribution is -0.142. The standard InChI is InChI=1S/C8H14N4O2S/c1-8(9,6(13)14)3-4-15-7-10-5-11-12(7)2/h5H,3-4,9H2,1-2H3,(H,13,14). The molecule has 3 N–H and O–H groups in total. The maximum absolute atomic E-state index is 10.7. The maximum atomic E-state index is 10.7. The number of carboxylic acids is 1. The highest BCUT2D eigenvalue weighted by atomic mass is 32.2. The lowest BCUT2D eigenvalue weighted by atomic mass is 10.0. The molecule has 7 heteroatoms. The first kappa shape index (κ1) is 12.0. The van der Waals surface area contributed by atoms with Crippen LogP contribution in [0, 0.1) is 0 Å². The molecular formula is C8H14N4O2S. The summed E-state index contributed by atoms with van der Waals surface area (Å²) in [4.78, 5) is 14.7. The topological polar surface area (TPSA) is 94.0 Å². The van der Waals surface area contributed by atoms with Crippen molar-refractivity contribution in [3.63, 3.8) is 0 Å². The zero-order chi connectivity index (χ0) is 11.5. The molecule has 0 aliphatic carbocycles. The molecule has 0 aliphatic heterocycles. The summed E-state index contributed by atoms with van der Waals surface area (Å²) in [6.07, 6.45) is 1.85. The smallest absolute Gasteiger partial charge is 0.323 e. The van der Waals surface area contributed by atoms with Crippen LogP contribution >= 0.6 is 11.8 Å². The van der Waals surface area contributed by atoms with Crippen LogP contribution in [0.3, 0.4) is 0 Å². The number of thioether (sulfide) groups is 1. The van der Waals surface area contributed by atoms with E-state index in [-0.39, 0.29) is 0 Å². The minimum absolute atomic E-state index is 0.389. The van der Waals surface area contributed by atoms with Crippen molar-refractivity contribution in [3.05, 3.63) is 6.33 Å². The molecule has 1 atom stereocenters. The Bertz CT molecular complexity index is 350. The van der Waals surface area contributed by atoms with Crippen molar-refractivity contribution in [1.29, 1.82) is 0 Å². The van der Waals surface area contributed by atoms with Crippen LogP contribution in [-0.2, 0) is 11.8 Å². The Labute approximate surface area is 91.9 Å². The van der Waals surface area contributed by atoms with Gasteiger partial charge in [0.2, 0.25) is 0 Å². The Morgan fingerprint density at radius 3 is 2.93 bits per heavy atom. The van der Waals surface area contributed by atoms with Crippen LogP contribution in [0.15, 0.2) is 11.5 Å². The van der Waals surface area contributed by atoms with E-state index in [4.69, 9.17) is 10.8 Å². The van der Waals surface area contributed by atoms with E-state index >= 15 is 0 Å². The van der Waals surface area contributed by atoms with Crippen LogP contribution in [-0.4, -0.2) is 37.1 Å². The molecule has 0 radical (unpaired) electrons. The fourth-order valence-electron chi connectivity index (χ4n) is 0.878. The SMILES string of the molecule is Cn1ncnc1SCCC(C)(N)C(=O)O. The molecule has 0 saturated carbocycles. The number of carboxylic acid groups (broad SMARTS) is 1. The lowest BCUT2D eigenvalue weighted by Crippen LogP contribution is -2.45. The average molecular weight is 230 g/mol. The van der Waals surface area contributed by atoms with Crippen molar-refractivity contribution in [3.8, 4) is 0 Å². The van der Waals surface area contributed by atoms with E-state index in [1.165, 1.54) is 25.0 Å². The molecule has 1 aromatic rings. The van der Waals surface area contributed by atoms with E-state index in [9.17, 15) is 4.79 Å². The number of rotatable bonds is 5. The third-order valence-electron chi connectivity index (χ3n) is 2.01. The number of hydrogen-bond acceptors (Lipinski definition) is 5. The number of nitrogens with two attached hydrogens (primary N) is 1. The molecule has 1 unspecified atom stereocenters. The number of aliphatic carboxylic acids is 1. The van der Waals surface area contributed by atoms with Crippen molar-refractivity contribution in [1.82, 2.24) is 14.8 Å². The molecule has 1 aromatic heterocycles. The maximum Gasteiger partial charge on any atom is 0.323 e. The number of nitrogens with zero attached hydrogens (tertiary/aromatic N) is 3. The number of hydrogen-bond donors (Lipinski definition) is 2. The predicted octanol–water partition coefficient (Wildman–Crippen LogP) is 0.0993. The van der Waals surface area contributed by atoms with Crippen molar-refractivity contribution in [2.24, 2.45) is 12.8 Å². The van der Waals surface area contributed by atoms with Crippen LogP contribution in [0.4, 0.5) is 0 Å². The van der Waals surface area contributed by atoms with Gasteiger partial charge in [0.1, 0.15) is 11.9 Å². The molecule has 0 saturated heterocycles. The highest BCUT2D eigenvalue weighted by Crippen LogP contribution is 2.18. The van der Waals surface area contributed by atoms with Crippen LogP contribution in [0.1, 0.15) is 13.3 Å². The van der Waals surface area contributed by atoms with Crippen molar-refractivity contribution in [2.75, 3.05) is 5.75 Å². The van der Waals surface area contributed by atoms with Crippen LogP contribution in [0.2, 0.25) is 0 Å². The summed E-state index contributed by atoms with van der Waals surface area (Å²) in [6.45, 7) is 1.51. The van der Waals surface area contributed by atoms with Gasteiger partial charge in [-0.3, -0.25) is 4.79 Å². The van der Waals surface area contributed by atoms with Gasteiger partial charge in [-0.1, -0.05) is 11.8 Å². The number of carbonyl (C=O) groups is 1. The summed E-state index contributed by atoms with van der Waals surface area (Å²) in [5, 5.41) is 13.4. The fourth-order valence-corrected chi connectivity index (χ4v) is 1.94. The molecule has 1 heterocycles. The molecule has 0 spiro atoms. The normalized spacial score (nSPS) is 14.9. The van der Waals surface area contributed by atoms with E-state index in [1.807, 2.05) is 0 Å². The van der Waals surface area contributed by atoms with E-state index in [2.05, 4.69) is 10.1 Å². The monoisotopic (exact) mass is 230 g/mol. The van der Waals surface area contributed by atoms with Gasteiger partial charge in [-0.15, -0.1) is 0 Å². The van der Waals surface area contributed by atoms with Gasteiger partial charge in [0.15, 0.2) is 5.16 Å². The summed E-state index contributed by atoms with van der Waals surface area (Å²) in [6, 6.07) is 0.